The van der Waals surface area contributed by atoms with Crippen LogP contribution in [0, 0.1) is 0 Å². The molecule has 0 saturated carbocycles. The van der Waals surface area contributed by atoms with E-state index in [1.807, 2.05) is 37.4 Å². The van der Waals surface area contributed by atoms with Crippen molar-refractivity contribution in [1.82, 2.24) is 4.98 Å². The Balaban J connectivity index is 2.25. The highest BCUT2D eigenvalue weighted by Crippen LogP contribution is 2.16. The van der Waals surface area contributed by atoms with Crippen LogP contribution in [0.3, 0.4) is 0 Å². The van der Waals surface area contributed by atoms with Crippen LogP contribution in [0.25, 0.3) is 10.9 Å². The summed E-state index contributed by atoms with van der Waals surface area (Å²) in [6, 6.07) is 9.99. The zero-order chi connectivity index (χ0) is 11.4. The summed E-state index contributed by atoms with van der Waals surface area (Å²) in [7, 11) is 0. The lowest BCUT2D eigenvalue weighted by atomic mass is 10.1. The van der Waals surface area contributed by atoms with Crippen molar-refractivity contribution in [3.63, 3.8) is 0 Å². The standard InChI is InChI=1S/C13H16N2O/c1-2-16-9-12(14)11-7-10-5-3-4-6-13(10)15-8-11/h3-8,12H,2,9,14H2,1H3. The maximum absolute atomic E-state index is 6.01. The van der Waals surface area contributed by atoms with Gasteiger partial charge in [0.1, 0.15) is 0 Å². The fraction of sp³-hybridized carbons (Fsp3) is 0.308. The Hall–Kier alpha value is -1.45. The van der Waals surface area contributed by atoms with Crippen molar-refractivity contribution in [3.8, 4) is 0 Å². The predicted octanol–water partition coefficient (Wildman–Crippen LogP) is 2.27. The van der Waals surface area contributed by atoms with Gasteiger partial charge in [0.2, 0.25) is 0 Å². The fourth-order valence-electron chi connectivity index (χ4n) is 1.63. The summed E-state index contributed by atoms with van der Waals surface area (Å²) in [6.07, 6.45) is 1.83. The average molecular weight is 216 g/mol. The smallest absolute Gasteiger partial charge is 0.0702 e. The third-order valence-electron chi connectivity index (χ3n) is 2.54. The third kappa shape index (κ3) is 2.38. The van der Waals surface area contributed by atoms with E-state index in [4.69, 9.17) is 10.5 Å². The zero-order valence-electron chi connectivity index (χ0n) is 9.39. The minimum Gasteiger partial charge on any atom is -0.380 e. The average Bonchev–Trinajstić information content (AvgIpc) is 2.35. The Labute approximate surface area is 95.2 Å². The molecule has 84 valence electrons. The van der Waals surface area contributed by atoms with Crippen molar-refractivity contribution in [2.75, 3.05) is 13.2 Å². The Kier molecular flexibility index (Phi) is 3.49. The highest BCUT2D eigenvalue weighted by Gasteiger charge is 2.06. The molecule has 2 rings (SSSR count). The van der Waals surface area contributed by atoms with Gasteiger partial charge in [0, 0.05) is 18.2 Å². The van der Waals surface area contributed by atoms with Crippen LogP contribution in [-0.2, 0) is 4.74 Å². The van der Waals surface area contributed by atoms with E-state index in [1.165, 1.54) is 0 Å². The SMILES string of the molecule is CCOCC(N)c1cnc2ccccc2c1. The zero-order valence-corrected chi connectivity index (χ0v) is 9.39. The molecule has 0 aliphatic carbocycles. The van der Waals surface area contributed by atoms with Crippen molar-refractivity contribution < 1.29 is 4.74 Å². The van der Waals surface area contributed by atoms with Crippen LogP contribution >= 0.6 is 0 Å². The highest BCUT2D eigenvalue weighted by atomic mass is 16.5. The number of pyridine rings is 1. The number of ether oxygens (including phenoxy) is 1. The summed E-state index contributed by atoms with van der Waals surface area (Å²) < 4.78 is 5.31. The van der Waals surface area contributed by atoms with Gasteiger partial charge in [-0.05, 0) is 24.6 Å². The number of nitrogens with two attached hydrogens (primary N) is 1. The molecule has 3 heteroatoms. The second kappa shape index (κ2) is 5.05. The third-order valence-corrected chi connectivity index (χ3v) is 2.54. The molecule has 3 nitrogen and oxygen atoms in total. The van der Waals surface area contributed by atoms with Crippen molar-refractivity contribution in [2.45, 2.75) is 13.0 Å². The Morgan fingerprint density at radius 1 is 1.38 bits per heavy atom. The van der Waals surface area contributed by atoms with Crippen molar-refractivity contribution in [2.24, 2.45) is 5.73 Å². The molecule has 0 saturated heterocycles. The van der Waals surface area contributed by atoms with Gasteiger partial charge in [-0.15, -0.1) is 0 Å². The maximum Gasteiger partial charge on any atom is 0.0702 e. The molecule has 0 bridgehead atoms. The monoisotopic (exact) mass is 216 g/mol. The molecular weight excluding hydrogens is 200 g/mol. The van der Waals surface area contributed by atoms with Crippen LogP contribution in [0.15, 0.2) is 36.5 Å². The van der Waals surface area contributed by atoms with Gasteiger partial charge in [-0.3, -0.25) is 4.98 Å². The first kappa shape index (κ1) is 11.0. The van der Waals surface area contributed by atoms with Crippen molar-refractivity contribution >= 4 is 10.9 Å². The van der Waals surface area contributed by atoms with E-state index in [-0.39, 0.29) is 6.04 Å². The van der Waals surface area contributed by atoms with Gasteiger partial charge in [0.05, 0.1) is 18.2 Å². The summed E-state index contributed by atoms with van der Waals surface area (Å²) in [6.45, 7) is 3.19. The largest absolute Gasteiger partial charge is 0.380 e. The summed E-state index contributed by atoms with van der Waals surface area (Å²) in [5, 5.41) is 1.12. The van der Waals surface area contributed by atoms with Crippen LogP contribution in [0.5, 0.6) is 0 Å². The molecule has 0 aliphatic heterocycles. The highest BCUT2D eigenvalue weighted by molar-refractivity contribution is 5.78. The molecule has 2 aromatic rings. The lowest BCUT2D eigenvalue weighted by molar-refractivity contribution is 0.133. The van der Waals surface area contributed by atoms with E-state index in [2.05, 4.69) is 11.1 Å². The molecule has 1 aromatic carbocycles. The van der Waals surface area contributed by atoms with Crippen LogP contribution in [-0.4, -0.2) is 18.2 Å². The number of aromatic nitrogens is 1. The lowest BCUT2D eigenvalue weighted by Crippen LogP contribution is -2.17. The minimum absolute atomic E-state index is 0.0999. The van der Waals surface area contributed by atoms with Crippen molar-refractivity contribution in [3.05, 3.63) is 42.1 Å². The Bertz CT molecular complexity index is 470. The van der Waals surface area contributed by atoms with Gasteiger partial charge < -0.3 is 10.5 Å². The molecular formula is C13H16N2O. The minimum atomic E-state index is -0.0999. The molecule has 0 spiro atoms. The van der Waals surface area contributed by atoms with Crippen LogP contribution in [0.2, 0.25) is 0 Å². The molecule has 0 amide bonds. The van der Waals surface area contributed by atoms with Crippen LogP contribution in [0.4, 0.5) is 0 Å². The molecule has 0 aliphatic rings. The first-order chi connectivity index (χ1) is 7.81. The number of benzene rings is 1. The summed E-state index contributed by atoms with van der Waals surface area (Å²) >= 11 is 0. The van der Waals surface area contributed by atoms with E-state index in [9.17, 15) is 0 Å². The first-order valence-electron chi connectivity index (χ1n) is 5.49. The van der Waals surface area contributed by atoms with Gasteiger partial charge in [-0.25, -0.2) is 0 Å². The van der Waals surface area contributed by atoms with E-state index >= 15 is 0 Å². The molecule has 1 atom stereocenters. The van der Waals surface area contributed by atoms with E-state index in [0.29, 0.717) is 13.2 Å². The summed E-state index contributed by atoms with van der Waals surface area (Å²) in [5.41, 5.74) is 8.02. The van der Waals surface area contributed by atoms with Crippen LogP contribution in [0.1, 0.15) is 18.5 Å². The Morgan fingerprint density at radius 2 is 2.19 bits per heavy atom. The summed E-state index contributed by atoms with van der Waals surface area (Å²) in [5.74, 6) is 0. The number of hydrogen-bond donors (Lipinski definition) is 1. The molecule has 1 heterocycles. The lowest BCUT2D eigenvalue weighted by Gasteiger charge is -2.11. The van der Waals surface area contributed by atoms with Gasteiger partial charge in [0.25, 0.3) is 0 Å². The molecule has 16 heavy (non-hydrogen) atoms. The second-order valence-corrected chi connectivity index (χ2v) is 3.73. The summed E-state index contributed by atoms with van der Waals surface area (Å²) in [4.78, 5) is 4.37. The van der Waals surface area contributed by atoms with E-state index in [1.54, 1.807) is 0 Å². The van der Waals surface area contributed by atoms with E-state index < -0.39 is 0 Å². The van der Waals surface area contributed by atoms with Gasteiger partial charge in [-0.2, -0.15) is 0 Å². The topological polar surface area (TPSA) is 48.1 Å². The van der Waals surface area contributed by atoms with Crippen LogP contribution < -0.4 is 5.73 Å². The predicted molar refractivity (Wildman–Crippen MR) is 65.2 cm³/mol. The number of hydrogen-bond acceptors (Lipinski definition) is 3. The molecule has 1 unspecified atom stereocenters. The van der Waals surface area contributed by atoms with Gasteiger partial charge in [-0.1, -0.05) is 18.2 Å². The van der Waals surface area contributed by atoms with Gasteiger partial charge in [0.15, 0.2) is 0 Å². The van der Waals surface area contributed by atoms with E-state index in [0.717, 1.165) is 16.5 Å². The number of nitrogens with zero attached hydrogens (tertiary/aromatic N) is 1. The maximum atomic E-state index is 6.01. The fourth-order valence-corrected chi connectivity index (χ4v) is 1.63. The molecule has 0 fully saturated rings. The van der Waals surface area contributed by atoms with Crippen molar-refractivity contribution in [1.29, 1.82) is 0 Å². The second-order valence-electron chi connectivity index (χ2n) is 3.73. The number of rotatable bonds is 4. The normalized spacial score (nSPS) is 12.9. The molecule has 1 aromatic heterocycles. The first-order valence-corrected chi connectivity index (χ1v) is 5.49. The quantitative estimate of drug-likeness (QED) is 0.852. The number of fused-ring (bicyclic) bond motifs is 1. The molecule has 2 N–H and O–H groups in total. The Morgan fingerprint density at radius 3 is 3.00 bits per heavy atom. The molecule has 0 radical (unpaired) electrons. The number of para-hydroxylation sites is 1. The van der Waals surface area contributed by atoms with Gasteiger partial charge >= 0.3 is 0 Å².